The van der Waals surface area contributed by atoms with Crippen LogP contribution >= 0.6 is 23.2 Å². The average molecular weight is 891 g/mol. The van der Waals surface area contributed by atoms with E-state index in [1.807, 2.05) is 103 Å². The van der Waals surface area contributed by atoms with Crippen LogP contribution in [-0.2, 0) is 25.4 Å². The fourth-order valence-corrected chi connectivity index (χ4v) is 8.46. The molecule has 3 heterocycles. The summed E-state index contributed by atoms with van der Waals surface area (Å²) in [5.74, 6) is 1.41. The van der Waals surface area contributed by atoms with E-state index in [1.165, 1.54) is 12.7 Å². The molecule has 8 rings (SSSR count). The first kappa shape index (κ1) is 43.4. The van der Waals surface area contributed by atoms with E-state index in [0.717, 1.165) is 16.7 Å². The summed E-state index contributed by atoms with van der Waals surface area (Å²) in [7, 11) is 3.26. The van der Waals surface area contributed by atoms with Gasteiger partial charge >= 0.3 is 6.09 Å². The van der Waals surface area contributed by atoms with E-state index in [0.29, 0.717) is 44.7 Å². The maximum absolute atomic E-state index is 14.1. The number of rotatable bonds is 16. The summed E-state index contributed by atoms with van der Waals surface area (Å²) in [5.41, 5.74) is 1.62. The van der Waals surface area contributed by atoms with Gasteiger partial charge in [0.15, 0.2) is 16.8 Å². The zero-order chi connectivity index (χ0) is 44.0. The summed E-state index contributed by atoms with van der Waals surface area (Å²) in [5, 5.41) is 14.9. The molecule has 324 valence electrons. The number of hydrogen-bond donors (Lipinski definition) is 3. The number of nitrogens with one attached hydrogen (secondary N) is 2. The van der Waals surface area contributed by atoms with Gasteiger partial charge in [0.25, 0.3) is 5.56 Å². The van der Waals surface area contributed by atoms with Gasteiger partial charge in [0, 0.05) is 40.7 Å². The van der Waals surface area contributed by atoms with Gasteiger partial charge in [-0.3, -0.25) is 9.36 Å². The second-order valence-corrected chi connectivity index (χ2v) is 15.9. The van der Waals surface area contributed by atoms with Gasteiger partial charge in [-0.05, 0) is 78.1 Å². The summed E-state index contributed by atoms with van der Waals surface area (Å²) < 4.78 is 32.6. The number of aliphatic hydroxyl groups excluding tert-OH is 1. The molecule has 1 unspecified atom stereocenters. The number of halogens is 2. The Bertz CT molecular complexity index is 2590. The van der Waals surface area contributed by atoms with Crippen molar-refractivity contribution in [1.82, 2.24) is 24.8 Å². The van der Waals surface area contributed by atoms with Gasteiger partial charge in [0.05, 0.1) is 33.0 Å². The lowest BCUT2D eigenvalue weighted by Gasteiger charge is -2.38. The first-order valence-electron chi connectivity index (χ1n) is 20.3. The highest BCUT2D eigenvalue weighted by Gasteiger charge is 2.42. The van der Waals surface area contributed by atoms with Crippen LogP contribution in [0.5, 0.6) is 11.5 Å². The number of nitrogens with zero attached hydrogens (tertiary/aromatic N) is 3. The van der Waals surface area contributed by atoms with Crippen molar-refractivity contribution in [2.45, 2.75) is 48.9 Å². The molecule has 0 saturated carbocycles. The zero-order valence-electron chi connectivity index (χ0n) is 34.4. The Morgan fingerprint density at radius 3 is 1.94 bits per heavy atom. The van der Waals surface area contributed by atoms with Crippen molar-refractivity contribution in [3.63, 3.8) is 0 Å². The minimum atomic E-state index is -1.37. The largest absolute Gasteiger partial charge is 0.497 e. The number of alkyl carbamates (subject to hydrolysis) is 1. The summed E-state index contributed by atoms with van der Waals surface area (Å²) in [6.45, 7) is 0.134. The van der Waals surface area contributed by atoms with Crippen molar-refractivity contribution < 1.29 is 33.6 Å². The molecule has 1 aliphatic heterocycles. The molecule has 1 fully saturated rings. The highest BCUT2D eigenvalue weighted by molar-refractivity contribution is 6.30. The molecule has 0 radical (unpaired) electrons. The van der Waals surface area contributed by atoms with Crippen LogP contribution in [0.1, 0.15) is 53.3 Å². The number of hydrogen-bond acceptors (Lipinski definition) is 10. The van der Waals surface area contributed by atoms with Gasteiger partial charge < -0.3 is 39.1 Å². The van der Waals surface area contributed by atoms with Crippen molar-refractivity contribution in [3.05, 3.63) is 188 Å². The minimum Gasteiger partial charge on any atom is -0.497 e. The number of fused-ring (bicyclic) bond motifs is 1. The normalized spacial score (nSPS) is 16.5. The predicted octanol–water partition coefficient (Wildman–Crippen LogP) is 8.55. The van der Waals surface area contributed by atoms with Gasteiger partial charge in [0.2, 0.25) is 0 Å². The molecule has 0 aliphatic carbocycles. The van der Waals surface area contributed by atoms with E-state index >= 15 is 0 Å². The number of amides is 1. The Morgan fingerprint density at radius 1 is 0.810 bits per heavy atom. The summed E-state index contributed by atoms with van der Waals surface area (Å²) in [6, 6.07) is 39.9. The van der Waals surface area contributed by atoms with Crippen LogP contribution in [0.25, 0.3) is 11.2 Å². The number of carbonyl (C=O) groups is 1. The number of ether oxygens (including phenoxy) is 5. The van der Waals surface area contributed by atoms with E-state index in [9.17, 15) is 14.7 Å². The lowest BCUT2D eigenvalue weighted by molar-refractivity contribution is -0.0222. The Hall–Kier alpha value is -6.22. The smallest absolute Gasteiger partial charge is 0.408 e. The Labute approximate surface area is 373 Å². The molecule has 0 spiro atoms. The van der Waals surface area contributed by atoms with Gasteiger partial charge in [0.1, 0.15) is 29.4 Å². The number of benzene rings is 5. The highest BCUT2D eigenvalue weighted by Crippen LogP contribution is 2.44. The van der Waals surface area contributed by atoms with Crippen molar-refractivity contribution in [2.75, 3.05) is 27.4 Å². The predicted molar refractivity (Wildman–Crippen MR) is 238 cm³/mol. The third-order valence-corrected chi connectivity index (χ3v) is 11.9. The molecule has 5 aromatic carbocycles. The van der Waals surface area contributed by atoms with Gasteiger partial charge in [-0.2, -0.15) is 0 Å². The molecule has 3 N–H and O–H groups in total. The second-order valence-electron chi connectivity index (χ2n) is 15.1. The molecule has 63 heavy (non-hydrogen) atoms. The number of imidazole rings is 1. The van der Waals surface area contributed by atoms with E-state index in [4.69, 9.17) is 46.9 Å². The Balaban J connectivity index is 1.08. The molecule has 15 heteroatoms. The molecule has 0 bridgehead atoms. The molecular weight excluding hydrogens is 845 g/mol. The van der Waals surface area contributed by atoms with Gasteiger partial charge in [-0.25, -0.2) is 14.8 Å². The quantitative estimate of drug-likeness (QED) is 0.0634. The SMILES string of the molecule is COc1ccc(C(OCCCC(OC(=O)NC[C@H]2O[C@@H](n3cnc4c(=O)[nH]cnc43)CC2O)(c2ccc(Cl)cc2)c2ccc(Cl)cc2)(c2ccccc2)c2ccc(OC)cc2)cc1. The maximum atomic E-state index is 14.1. The maximum Gasteiger partial charge on any atom is 0.408 e. The molecular formula is C48H45Cl2N5O8. The fourth-order valence-electron chi connectivity index (χ4n) is 8.20. The number of aromatic nitrogens is 4. The average Bonchev–Trinajstić information content (AvgIpc) is 3.92. The molecule has 13 nitrogen and oxygen atoms in total. The van der Waals surface area contributed by atoms with Crippen molar-refractivity contribution >= 4 is 40.5 Å². The van der Waals surface area contributed by atoms with Gasteiger partial charge in [-0.15, -0.1) is 0 Å². The summed E-state index contributed by atoms with van der Waals surface area (Å²) in [6.07, 6.45) is 0.389. The summed E-state index contributed by atoms with van der Waals surface area (Å²) >= 11 is 12.8. The van der Waals surface area contributed by atoms with Crippen LogP contribution in [0.2, 0.25) is 10.0 Å². The van der Waals surface area contributed by atoms with Crippen LogP contribution in [0.3, 0.4) is 0 Å². The lowest BCUT2D eigenvalue weighted by atomic mass is 9.79. The minimum absolute atomic E-state index is 0.0825. The number of carbonyl (C=O) groups excluding carboxylic acids is 1. The standard InChI is InChI=1S/C48H45Cl2N5O8/c1-59-38-21-13-34(14-22-38)48(33-7-4-3-5-8-33,35-15-23-39(60-2)24-16-35)61-26-6-25-47(31-9-17-36(49)18-10-31,32-11-19-37(50)20-12-32)63-46(58)51-28-41-40(56)27-42(62-41)55-30-54-43-44(55)52-29-53-45(43)57/h3-5,7-24,29-30,40-42,56H,6,25-28H2,1-2H3,(H,51,58)(H,52,53,57)/t40?,41-,42-/m1/s1. The number of H-pyrrole nitrogens is 1. The molecule has 2 aromatic heterocycles. The molecule has 7 aromatic rings. The first-order valence-corrected chi connectivity index (χ1v) is 21.1. The Morgan fingerprint density at radius 2 is 1.37 bits per heavy atom. The summed E-state index contributed by atoms with van der Waals surface area (Å²) in [4.78, 5) is 37.3. The Kier molecular flexibility index (Phi) is 13.1. The van der Waals surface area contributed by atoms with Crippen LogP contribution in [0.4, 0.5) is 4.79 Å². The number of aliphatic hydroxyl groups is 1. The number of methoxy groups -OCH3 is 2. The third-order valence-electron chi connectivity index (χ3n) is 11.4. The fraction of sp³-hybridized carbons (Fsp3) is 0.250. The van der Waals surface area contributed by atoms with E-state index in [-0.39, 0.29) is 37.1 Å². The van der Waals surface area contributed by atoms with Crippen molar-refractivity contribution in [1.29, 1.82) is 0 Å². The molecule has 3 atom stereocenters. The van der Waals surface area contributed by atoms with E-state index in [1.54, 1.807) is 43.1 Å². The van der Waals surface area contributed by atoms with Crippen LogP contribution in [-0.4, -0.2) is 70.3 Å². The van der Waals surface area contributed by atoms with Crippen LogP contribution in [0, 0.1) is 0 Å². The first-order chi connectivity index (χ1) is 30.6. The van der Waals surface area contributed by atoms with Crippen molar-refractivity contribution in [3.8, 4) is 11.5 Å². The lowest BCUT2D eigenvalue weighted by Crippen LogP contribution is -2.42. The van der Waals surface area contributed by atoms with Crippen molar-refractivity contribution in [2.24, 2.45) is 0 Å². The van der Waals surface area contributed by atoms with E-state index < -0.39 is 35.7 Å². The van der Waals surface area contributed by atoms with Crippen LogP contribution in [0.15, 0.2) is 145 Å². The zero-order valence-corrected chi connectivity index (χ0v) is 36.0. The molecule has 1 aliphatic rings. The third kappa shape index (κ3) is 9.01. The monoisotopic (exact) mass is 889 g/mol. The number of aromatic amines is 1. The molecule has 1 amide bonds. The van der Waals surface area contributed by atoms with Crippen LogP contribution < -0.4 is 20.3 Å². The second kappa shape index (κ2) is 19.0. The van der Waals surface area contributed by atoms with Gasteiger partial charge in [-0.1, -0.05) is 102 Å². The van der Waals surface area contributed by atoms with E-state index in [2.05, 4.69) is 20.3 Å². The molecule has 1 saturated heterocycles. The highest BCUT2D eigenvalue weighted by atomic mass is 35.5. The topological polar surface area (TPSA) is 159 Å².